The highest BCUT2D eigenvalue weighted by Crippen LogP contribution is 2.33. The van der Waals surface area contributed by atoms with Gasteiger partial charge in [0, 0.05) is 18.8 Å². The fraction of sp³-hybridized carbons (Fsp3) is 0.500. The van der Waals surface area contributed by atoms with E-state index in [1.165, 1.54) is 6.07 Å². The Morgan fingerprint density at radius 3 is 2.58 bits per heavy atom. The summed E-state index contributed by atoms with van der Waals surface area (Å²) in [6.45, 7) is 3.97. The Morgan fingerprint density at radius 2 is 2.11 bits per heavy atom. The molecule has 0 aromatic heterocycles. The van der Waals surface area contributed by atoms with Gasteiger partial charge in [0.1, 0.15) is 5.82 Å². The van der Waals surface area contributed by atoms with Crippen molar-refractivity contribution in [3.8, 4) is 0 Å². The number of nitrogens with zero attached hydrogens (tertiary/aromatic N) is 1. The number of nitrogens with one attached hydrogen (secondary N) is 1. The second-order valence-corrected chi connectivity index (χ2v) is 5.48. The number of carbonyl (C=O) groups excluding carboxylic acids is 1. The molecule has 0 unspecified atom stereocenters. The van der Waals surface area contributed by atoms with E-state index in [1.807, 2.05) is 25.8 Å². The monoisotopic (exact) mass is 265 g/mol. The smallest absolute Gasteiger partial charge is 0.244 e. The summed E-state index contributed by atoms with van der Waals surface area (Å²) in [5.74, 6) is -0.590. The van der Waals surface area contributed by atoms with E-state index in [-0.39, 0.29) is 17.8 Å². The van der Waals surface area contributed by atoms with E-state index in [1.54, 1.807) is 12.1 Å². The minimum atomic E-state index is -0.746. The van der Waals surface area contributed by atoms with Gasteiger partial charge < -0.3 is 16.0 Å². The van der Waals surface area contributed by atoms with Crippen LogP contribution in [-0.2, 0) is 4.79 Å². The Bertz CT molecular complexity index is 497. The first-order valence-corrected chi connectivity index (χ1v) is 6.46. The van der Waals surface area contributed by atoms with Crippen molar-refractivity contribution >= 4 is 17.3 Å². The van der Waals surface area contributed by atoms with Crippen LogP contribution in [-0.4, -0.2) is 24.5 Å². The SMILES string of the molecule is CC(C)N(C)c1ccc(NC(=O)C2(N)CC2)cc1F. The van der Waals surface area contributed by atoms with E-state index in [0.717, 1.165) is 0 Å². The first-order chi connectivity index (χ1) is 8.83. The third-order valence-electron chi connectivity index (χ3n) is 3.60. The minimum absolute atomic E-state index is 0.203. The molecule has 0 bridgehead atoms. The van der Waals surface area contributed by atoms with Crippen LogP contribution in [0.4, 0.5) is 15.8 Å². The van der Waals surface area contributed by atoms with Gasteiger partial charge in [-0.2, -0.15) is 0 Å². The second-order valence-electron chi connectivity index (χ2n) is 5.48. The Morgan fingerprint density at radius 1 is 1.47 bits per heavy atom. The predicted molar refractivity (Wildman–Crippen MR) is 74.7 cm³/mol. The van der Waals surface area contributed by atoms with Crippen LogP contribution >= 0.6 is 0 Å². The Labute approximate surface area is 112 Å². The lowest BCUT2D eigenvalue weighted by Gasteiger charge is -2.24. The molecule has 104 valence electrons. The van der Waals surface area contributed by atoms with E-state index in [0.29, 0.717) is 24.2 Å². The fourth-order valence-electron chi connectivity index (χ4n) is 1.77. The Kier molecular flexibility index (Phi) is 3.49. The van der Waals surface area contributed by atoms with Gasteiger partial charge in [0.2, 0.25) is 5.91 Å². The van der Waals surface area contributed by atoms with E-state index < -0.39 is 5.54 Å². The summed E-state index contributed by atoms with van der Waals surface area (Å²) in [6, 6.07) is 4.90. The topological polar surface area (TPSA) is 58.4 Å². The van der Waals surface area contributed by atoms with Crippen molar-refractivity contribution in [3.63, 3.8) is 0 Å². The molecule has 1 amide bonds. The third-order valence-corrected chi connectivity index (χ3v) is 3.60. The third kappa shape index (κ3) is 2.87. The van der Waals surface area contributed by atoms with Crippen molar-refractivity contribution in [3.05, 3.63) is 24.0 Å². The number of hydrogen-bond acceptors (Lipinski definition) is 3. The Balaban J connectivity index is 2.12. The molecule has 0 spiro atoms. The highest BCUT2D eigenvalue weighted by molar-refractivity contribution is 6.00. The van der Waals surface area contributed by atoms with Crippen molar-refractivity contribution in [1.82, 2.24) is 0 Å². The molecule has 0 heterocycles. The molecule has 1 aromatic carbocycles. The molecule has 1 saturated carbocycles. The molecular formula is C14H20FN3O. The van der Waals surface area contributed by atoms with Gasteiger partial charge in [-0.25, -0.2) is 4.39 Å². The molecule has 19 heavy (non-hydrogen) atoms. The number of rotatable bonds is 4. The van der Waals surface area contributed by atoms with Crippen molar-refractivity contribution in [2.45, 2.75) is 38.3 Å². The van der Waals surface area contributed by atoms with E-state index in [2.05, 4.69) is 5.32 Å². The zero-order valence-electron chi connectivity index (χ0n) is 11.5. The lowest BCUT2D eigenvalue weighted by molar-refractivity contribution is -0.118. The van der Waals surface area contributed by atoms with Gasteiger partial charge in [0.25, 0.3) is 0 Å². The number of nitrogens with two attached hydrogens (primary N) is 1. The van der Waals surface area contributed by atoms with Gasteiger partial charge in [-0.1, -0.05) is 0 Å². The minimum Gasteiger partial charge on any atom is -0.370 e. The maximum absolute atomic E-state index is 14.0. The zero-order chi connectivity index (χ0) is 14.2. The van der Waals surface area contributed by atoms with Crippen molar-refractivity contribution in [2.24, 2.45) is 5.73 Å². The average Bonchev–Trinajstić information content (AvgIpc) is 3.08. The molecular weight excluding hydrogens is 245 g/mol. The number of benzene rings is 1. The summed E-state index contributed by atoms with van der Waals surface area (Å²) in [4.78, 5) is 13.6. The molecule has 3 N–H and O–H groups in total. The summed E-state index contributed by atoms with van der Waals surface area (Å²) >= 11 is 0. The second kappa shape index (κ2) is 4.81. The largest absolute Gasteiger partial charge is 0.370 e. The molecule has 2 rings (SSSR count). The van der Waals surface area contributed by atoms with Crippen molar-refractivity contribution < 1.29 is 9.18 Å². The molecule has 0 aliphatic heterocycles. The number of amides is 1. The molecule has 5 heteroatoms. The number of halogens is 1. The average molecular weight is 265 g/mol. The summed E-state index contributed by atoms with van der Waals surface area (Å²) in [7, 11) is 1.83. The van der Waals surface area contributed by atoms with Crippen LogP contribution in [0.25, 0.3) is 0 Å². The highest BCUT2D eigenvalue weighted by atomic mass is 19.1. The molecule has 0 atom stereocenters. The molecule has 0 saturated heterocycles. The van der Waals surface area contributed by atoms with Crippen molar-refractivity contribution in [1.29, 1.82) is 0 Å². The maximum atomic E-state index is 14.0. The summed E-state index contributed by atoms with van der Waals surface area (Å²) in [5.41, 5.74) is 5.99. The van der Waals surface area contributed by atoms with Crippen LogP contribution in [0.1, 0.15) is 26.7 Å². The van der Waals surface area contributed by atoms with Crippen LogP contribution in [0.2, 0.25) is 0 Å². The summed E-state index contributed by atoms with van der Waals surface area (Å²) in [5, 5.41) is 2.66. The van der Waals surface area contributed by atoms with Gasteiger partial charge in [-0.15, -0.1) is 0 Å². The van der Waals surface area contributed by atoms with E-state index in [9.17, 15) is 9.18 Å². The van der Waals surface area contributed by atoms with Crippen LogP contribution in [0.5, 0.6) is 0 Å². The molecule has 1 aromatic rings. The van der Waals surface area contributed by atoms with Gasteiger partial charge in [0.15, 0.2) is 0 Å². The first-order valence-electron chi connectivity index (χ1n) is 6.46. The first kappa shape index (κ1) is 13.8. The molecule has 0 radical (unpaired) electrons. The Hall–Kier alpha value is -1.62. The quantitative estimate of drug-likeness (QED) is 0.876. The fourth-order valence-corrected chi connectivity index (χ4v) is 1.77. The van der Waals surface area contributed by atoms with Crippen molar-refractivity contribution in [2.75, 3.05) is 17.3 Å². The molecule has 4 nitrogen and oxygen atoms in total. The summed E-state index contributed by atoms with van der Waals surface area (Å²) in [6.07, 6.45) is 1.38. The maximum Gasteiger partial charge on any atom is 0.244 e. The van der Waals surface area contributed by atoms with Gasteiger partial charge in [0.05, 0.1) is 11.2 Å². The highest BCUT2D eigenvalue weighted by Gasteiger charge is 2.45. The normalized spacial score (nSPS) is 16.3. The molecule has 1 fully saturated rings. The number of anilines is 2. The molecule has 1 aliphatic rings. The number of carbonyl (C=O) groups is 1. The van der Waals surface area contributed by atoms with E-state index >= 15 is 0 Å². The van der Waals surface area contributed by atoms with Crippen LogP contribution in [0.15, 0.2) is 18.2 Å². The summed E-state index contributed by atoms with van der Waals surface area (Å²) < 4.78 is 14.0. The lowest BCUT2D eigenvalue weighted by Crippen LogP contribution is -2.37. The predicted octanol–water partition coefficient (Wildman–Crippen LogP) is 2.10. The van der Waals surface area contributed by atoms with Gasteiger partial charge in [-0.05, 0) is 44.9 Å². The standard InChI is InChI=1S/C14H20FN3O/c1-9(2)18(3)12-5-4-10(8-11(12)15)17-13(19)14(16)6-7-14/h4-5,8-9H,6-7,16H2,1-3H3,(H,17,19). The van der Waals surface area contributed by atoms with Gasteiger partial charge in [-0.3, -0.25) is 4.79 Å². The van der Waals surface area contributed by atoms with Crippen LogP contribution in [0.3, 0.4) is 0 Å². The van der Waals surface area contributed by atoms with E-state index in [4.69, 9.17) is 5.73 Å². The van der Waals surface area contributed by atoms with Crippen LogP contribution in [0, 0.1) is 5.82 Å². The van der Waals surface area contributed by atoms with Crippen LogP contribution < -0.4 is 16.0 Å². The number of hydrogen-bond donors (Lipinski definition) is 2. The zero-order valence-corrected chi connectivity index (χ0v) is 11.5. The lowest BCUT2D eigenvalue weighted by atomic mass is 10.2. The van der Waals surface area contributed by atoms with Gasteiger partial charge >= 0.3 is 0 Å². The molecule has 1 aliphatic carbocycles.